The zero-order valence-electron chi connectivity index (χ0n) is 17.0. The minimum absolute atomic E-state index is 0.0109. The number of amides is 3. The highest BCUT2D eigenvalue weighted by Gasteiger charge is 2.26. The number of likely N-dealkylation sites (tertiary alicyclic amines) is 1. The average Bonchev–Trinajstić information content (AvgIpc) is 2.78. The molecule has 29 heavy (non-hydrogen) atoms. The van der Waals surface area contributed by atoms with E-state index in [0.717, 1.165) is 43.6 Å². The third-order valence-corrected chi connectivity index (χ3v) is 6.51. The molecule has 1 aromatic heterocycles. The van der Waals surface area contributed by atoms with Gasteiger partial charge in [-0.3, -0.25) is 14.4 Å². The van der Waals surface area contributed by atoms with E-state index in [1.54, 1.807) is 12.3 Å². The van der Waals surface area contributed by atoms with Crippen LogP contribution in [-0.2, 0) is 9.59 Å². The first-order valence-corrected chi connectivity index (χ1v) is 11.7. The average molecular weight is 419 g/mol. The second-order valence-corrected chi connectivity index (χ2v) is 8.61. The van der Waals surface area contributed by atoms with Crippen LogP contribution in [0.15, 0.2) is 23.4 Å². The van der Waals surface area contributed by atoms with Crippen molar-refractivity contribution in [2.45, 2.75) is 56.0 Å². The van der Waals surface area contributed by atoms with Crippen LogP contribution in [0.2, 0.25) is 0 Å². The van der Waals surface area contributed by atoms with Gasteiger partial charge in [-0.1, -0.05) is 19.3 Å². The SMILES string of the molecule is CSc1ncccc1C(=O)N1CCC(CNC(=O)C(=O)NC2CCCCC2)CC1. The van der Waals surface area contributed by atoms with Gasteiger partial charge >= 0.3 is 11.8 Å². The number of thioether (sulfide) groups is 1. The Morgan fingerprint density at radius 2 is 1.83 bits per heavy atom. The molecule has 1 aliphatic heterocycles. The maximum absolute atomic E-state index is 12.8. The van der Waals surface area contributed by atoms with E-state index < -0.39 is 11.8 Å². The highest BCUT2D eigenvalue weighted by atomic mass is 32.2. The lowest BCUT2D eigenvalue weighted by Crippen LogP contribution is -2.47. The molecule has 0 unspecified atom stereocenters. The Labute approximate surface area is 176 Å². The molecule has 7 nitrogen and oxygen atoms in total. The molecule has 1 aromatic rings. The number of carbonyl (C=O) groups excluding carboxylic acids is 3. The Kier molecular flexibility index (Phi) is 7.91. The Bertz CT molecular complexity index is 728. The van der Waals surface area contributed by atoms with Crippen molar-refractivity contribution in [3.63, 3.8) is 0 Å². The summed E-state index contributed by atoms with van der Waals surface area (Å²) in [6.07, 6.45) is 10.6. The predicted molar refractivity (Wildman–Crippen MR) is 113 cm³/mol. The van der Waals surface area contributed by atoms with Gasteiger partial charge in [0.05, 0.1) is 5.56 Å². The first-order valence-electron chi connectivity index (χ1n) is 10.5. The van der Waals surface area contributed by atoms with Crippen molar-refractivity contribution < 1.29 is 14.4 Å². The van der Waals surface area contributed by atoms with Crippen LogP contribution < -0.4 is 10.6 Å². The lowest BCUT2D eigenvalue weighted by molar-refractivity contribution is -0.139. The quantitative estimate of drug-likeness (QED) is 0.565. The molecule has 158 valence electrons. The molecule has 2 heterocycles. The van der Waals surface area contributed by atoms with Gasteiger partial charge < -0.3 is 15.5 Å². The molecule has 0 spiro atoms. The molecule has 0 atom stereocenters. The highest BCUT2D eigenvalue weighted by molar-refractivity contribution is 7.98. The van der Waals surface area contributed by atoms with Gasteiger partial charge in [0.15, 0.2) is 0 Å². The van der Waals surface area contributed by atoms with Crippen LogP contribution >= 0.6 is 11.8 Å². The van der Waals surface area contributed by atoms with Crippen molar-refractivity contribution in [2.24, 2.45) is 5.92 Å². The molecule has 3 rings (SSSR count). The van der Waals surface area contributed by atoms with E-state index in [1.807, 2.05) is 17.2 Å². The minimum Gasteiger partial charge on any atom is -0.348 e. The van der Waals surface area contributed by atoms with Crippen molar-refractivity contribution in [3.8, 4) is 0 Å². The van der Waals surface area contributed by atoms with E-state index >= 15 is 0 Å². The molecule has 2 aliphatic rings. The lowest BCUT2D eigenvalue weighted by atomic mass is 9.95. The van der Waals surface area contributed by atoms with E-state index in [9.17, 15) is 14.4 Å². The number of hydrogen-bond acceptors (Lipinski definition) is 5. The van der Waals surface area contributed by atoms with Gasteiger partial charge in [0.25, 0.3) is 5.91 Å². The molecular weight excluding hydrogens is 388 g/mol. The first kappa shape index (κ1) is 21.6. The number of hydrogen-bond donors (Lipinski definition) is 2. The minimum atomic E-state index is -0.547. The molecule has 0 aromatic carbocycles. The monoisotopic (exact) mass is 418 g/mol. The number of aromatic nitrogens is 1. The van der Waals surface area contributed by atoms with Crippen molar-refractivity contribution in [3.05, 3.63) is 23.9 Å². The topological polar surface area (TPSA) is 91.4 Å². The molecule has 2 fully saturated rings. The predicted octanol–water partition coefficient (Wildman–Crippen LogP) is 2.22. The van der Waals surface area contributed by atoms with E-state index in [4.69, 9.17) is 0 Å². The lowest BCUT2D eigenvalue weighted by Gasteiger charge is -2.32. The molecular formula is C21H30N4O3S. The van der Waals surface area contributed by atoms with Gasteiger partial charge in [-0.15, -0.1) is 11.8 Å². The summed E-state index contributed by atoms with van der Waals surface area (Å²) in [4.78, 5) is 43.0. The van der Waals surface area contributed by atoms with Gasteiger partial charge in [0, 0.05) is 31.9 Å². The molecule has 0 radical (unpaired) electrons. The molecule has 8 heteroatoms. The van der Waals surface area contributed by atoms with Crippen LogP contribution in [0, 0.1) is 5.92 Å². The van der Waals surface area contributed by atoms with Crippen molar-refractivity contribution in [2.75, 3.05) is 25.9 Å². The van der Waals surface area contributed by atoms with Crippen LogP contribution in [0.1, 0.15) is 55.3 Å². The fourth-order valence-corrected chi connectivity index (χ4v) is 4.58. The second kappa shape index (κ2) is 10.6. The Balaban J connectivity index is 1.41. The molecule has 0 bridgehead atoms. The second-order valence-electron chi connectivity index (χ2n) is 7.81. The van der Waals surface area contributed by atoms with Gasteiger partial charge in [0.1, 0.15) is 5.03 Å². The maximum atomic E-state index is 12.8. The summed E-state index contributed by atoms with van der Waals surface area (Å²) in [5.74, 6) is -0.782. The molecule has 1 saturated carbocycles. The van der Waals surface area contributed by atoms with E-state index in [0.29, 0.717) is 25.2 Å². The number of piperidine rings is 1. The summed E-state index contributed by atoms with van der Waals surface area (Å²) >= 11 is 1.47. The molecule has 2 N–H and O–H groups in total. The van der Waals surface area contributed by atoms with Gasteiger partial charge in [0.2, 0.25) is 0 Å². The summed E-state index contributed by atoms with van der Waals surface area (Å²) < 4.78 is 0. The van der Waals surface area contributed by atoms with Gasteiger partial charge in [-0.25, -0.2) is 4.98 Å². The van der Waals surface area contributed by atoms with E-state index in [2.05, 4.69) is 15.6 Å². The largest absolute Gasteiger partial charge is 0.348 e. The van der Waals surface area contributed by atoms with Crippen molar-refractivity contribution in [1.82, 2.24) is 20.5 Å². The summed E-state index contributed by atoms with van der Waals surface area (Å²) in [5.41, 5.74) is 0.645. The number of carbonyl (C=O) groups is 3. The van der Waals surface area contributed by atoms with Gasteiger partial charge in [-0.05, 0) is 50.0 Å². The van der Waals surface area contributed by atoms with Crippen LogP contribution in [-0.4, -0.2) is 59.5 Å². The smallest absolute Gasteiger partial charge is 0.309 e. The van der Waals surface area contributed by atoms with Crippen LogP contribution in [0.25, 0.3) is 0 Å². The Hall–Kier alpha value is -2.09. The summed E-state index contributed by atoms with van der Waals surface area (Å²) in [6, 6.07) is 3.74. The number of rotatable bonds is 5. The third kappa shape index (κ3) is 5.95. The standard InChI is InChI=1S/C21H30N4O3S/c1-29-20-17(8-5-11-22-20)21(28)25-12-9-15(10-13-25)14-23-18(26)19(27)24-16-6-3-2-4-7-16/h5,8,11,15-16H,2-4,6-7,9-10,12-14H2,1H3,(H,23,26)(H,24,27). The van der Waals surface area contributed by atoms with Crippen LogP contribution in [0.4, 0.5) is 0 Å². The molecule has 1 saturated heterocycles. The first-order chi connectivity index (χ1) is 14.1. The Morgan fingerprint density at radius 1 is 1.10 bits per heavy atom. The maximum Gasteiger partial charge on any atom is 0.309 e. The van der Waals surface area contributed by atoms with E-state index in [-0.39, 0.29) is 17.9 Å². The fourth-order valence-electron chi connectivity index (χ4n) is 4.04. The Morgan fingerprint density at radius 3 is 2.52 bits per heavy atom. The van der Waals surface area contributed by atoms with Crippen molar-refractivity contribution in [1.29, 1.82) is 0 Å². The van der Waals surface area contributed by atoms with Gasteiger partial charge in [-0.2, -0.15) is 0 Å². The fraction of sp³-hybridized carbons (Fsp3) is 0.619. The zero-order valence-corrected chi connectivity index (χ0v) is 17.8. The zero-order chi connectivity index (χ0) is 20.6. The highest BCUT2D eigenvalue weighted by Crippen LogP contribution is 2.23. The summed E-state index contributed by atoms with van der Waals surface area (Å²) in [6.45, 7) is 1.77. The molecule has 1 aliphatic carbocycles. The molecule has 3 amide bonds. The van der Waals surface area contributed by atoms with Crippen molar-refractivity contribution >= 4 is 29.5 Å². The van der Waals surface area contributed by atoms with E-state index in [1.165, 1.54) is 18.2 Å². The number of nitrogens with zero attached hydrogens (tertiary/aromatic N) is 2. The number of nitrogens with one attached hydrogen (secondary N) is 2. The number of pyridine rings is 1. The van der Waals surface area contributed by atoms with Crippen LogP contribution in [0.3, 0.4) is 0 Å². The summed E-state index contributed by atoms with van der Waals surface area (Å²) in [5, 5.41) is 6.36. The van der Waals surface area contributed by atoms with Crippen LogP contribution in [0.5, 0.6) is 0 Å². The summed E-state index contributed by atoms with van der Waals surface area (Å²) in [7, 11) is 0. The third-order valence-electron chi connectivity index (χ3n) is 5.79. The normalized spacial score (nSPS) is 18.3.